The normalized spacial score (nSPS) is 11.6. The van der Waals surface area contributed by atoms with Gasteiger partial charge in [-0.05, 0) is 23.6 Å². The molecular formula is C21H24N2O3S. The van der Waals surface area contributed by atoms with E-state index in [0.717, 1.165) is 22.0 Å². The van der Waals surface area contributed by atoms with Crippen molar-refractivity contribution in [1.29, 1.82) is 0 Å². The Morgan fingerprint density at radius 2 is 1.74 bits per heavy atom. The van der Waals surface area contributed by atoms with Gasteiger partial charge in [-0.2, -0.15) is 0 Å². The molecule has 0 atom stereocenters. The molecule has 6 heteroatoms. The summed E-state index contributed by atoms with van der Waals surface area (Å²) in [5, 5.41) is 3.90. The van der Waals surface area contributed by atoms with Crippen molar-refractivity contribution < 1.29 is 13.2 Å². The average Bonchev–Trinajstić information content (AvgIpc) is 2.95. The topological polar surface area (TPSA) is 68.2 Å². The molecule has 0 saturated carbocycles. The van der Waals surface area contributed by atoms with E-state index >= 15 is 0 Å². The van der Waals surface area contributed by atoms with Crippen molar-refractivity contribution in [2.45, 2.75) is 18.6 Å². The molecule has 27 heavy (non-hydrogen) atoms. The molecule has 0 aliphatic carbocycles. The lowest BCUT2D eigenvalue weighted by Gasteiger charge is -2.06. The zero-order valence-electron chi connectivity index (χ0n) is 15.4. The van der Waals surface area contributed by atoms with Crippen LogP contribution < -0.4 is 5.32 Å². The highest BCUT2D eigenvalue weighted by atomic mass is 32.2. The number of nitrogens with zero attached hydrogens (tertiary/aromatic N) is 1. The number of sulfone groups is 1. The lowest BCUT2D eigenvalue weighted by atomic mass is 10.1. The van der Waals surface area contributed by atoms with Gasteiger partial charge in [0.2, 0.25) is 5.91 Å². The Morgan fingerprint density at radius 3 is 2.52 bits per heavy atom. The van der Waals surface area contributed by atoms with Crippen LogP contribution in [0.15, 0.2) is 60.8 Å². The van der Waals surface area contributed by atoms with Crippen molar-refractivity contribution >= 4 is 26.6 Å². The minimum atomic E-state index is -3.17. The molecule has 0 bridgehead atoms. The van der Waals surface area contributed by atoms with Crippen LogP contribution in [0.5, 0.6) is 0 Å². The van der Waals surface area contributed by atoms with Crippen LogP contribution in [-0.4, -0.2) is 31.2 Å². The molecule has 0 radical (unpaired) electrons. The van der Waals surface area contributed by atoms with E-state index in [0.29, 0.717) is 13.0 Å². The van der Waals surface area contributed by atoms with E-state index in [1.165, 1.54) is 0 Å². The predicted octanol–water partition coefficient (Wildman–Crippen LogP) is 2.84. The third kappa shape index (κ3) is 5.20. The van der Waals surface area contributed by atoms with Gasteiger partial charge in [0.25, 0.3) is 0 Å². The average molecular weight is 385 g/mol. The number of aromatic nitrogens is 1. The predicted molar refractivity (Wildman–Crippen MR) is 108 cm³/mol. The summed E-state index contributed by atoms with van der Waals surface area (Å²) in [6.45, 7) is 0.359. The highest BCUT2D eigenvalue weighted by Crippen LogP contribution is 2.20. The molecule has 0 unspecified atom stereocenters. The Bertz CT molecular complexity index is 1020. The third-order valence-electron chi connectivity index (χ3n) is 4.51. The number of rotatable bonds is 8. The summed E-state index contributed by atoms with van der Waals surface area (Å²) in [6.07, 6.45) is 2.67. The Kier molecular flexibility index (Phi) is 5.96. The zero-order chi connectivity index (χ0) is 19.3. The van der Waals surface area contributed by atoms with Crippen LogP contribution in [-0.2, 0) is 33.9 Å². The van der Waals surface area contributed by atoms with Gasteiger partial charge in [-0.15, -0.1) is 0 Å². The second-order valence-electron chi connectivity index (χ2n) is 6.74. The van der Waals surface area contributed by atoms with Gasteiger partial charge in [0, 0.05) is 30.7 Å². The van der Waals surface area contributed by atoms with E-state index < -0.39 is 9.84 Å². The number of hydrogen-bond donors (Lipinski definition) is 1. The van der Waals surface area contributed by atoms with Gasteiger partial charge in [0.05, 0.1) is 17.9 Å². The molecule has 0 fully saturated rings. The fraction of sp³-hybridized carbons (Fsp3) is 0.286. The van der Waals surface area contributed by atoms with Gasteiger partial charge in [-0.3, -0.25) is 4.79 Å². The quantitative estimate of drug-likeness (QED) is 0.607. The lowest BCUT2D eigenvalue weighted by molar-refractivity contribution is -0.120. The number of benzene rings is 2. The minimum absolute atomic E-state index is 0.0395. The maximum absolute atomic E-state index is 12.2. The Labute approximate surface area is 159 Å². The highest BCUT2D eigenvalue weighted by molar-refractivity contribution is 7.90. The number of carbonyl (C=O) groups is 1. The van der Waals surface area contributed by atoms with Crippen molar-refractivity contribution in [1.82, 2.24) is 9.88 Å². The van der Waals surface area contributed by atoms with E-state index in [1.807, 2.05) is 72.4 Å². The second kappa shape index (κ2) is 8.39. The van der Waals surface area contributed by atoms with Crippen molar-refractivity contribution in [2.75, 3.05) is 12.3 Å². The molecule has 2 aromatic carbocycles. The summed E-state index contributed by atoms with van der Waals surface area (Å²) in [5.41, 5.74) is 2.85. The molecule has 1 aromatic heterocycles. The molecule has 0 saturated heterocycles. The van der Waals surface area contributed by atoms with E-state index in [9.17, 15) is 13.2 Å². The standard InChI is InChI=1S/C21H24N2O3S/c1-23-15-18(19-10-5-6-11-20(19)23)14-21(24)22-12-7-13-27(25,26)16-17-8-3-2-4-9-17/h2-6,8-11,15H,7,12-14,16H2,1H3,(H,22,24). The van der Waals surface area contributed by atoms with Crippen molar-refractivity contribution in [3.8, 4) is 0 Å². The molecular weight excluding hydrogens is 360 g/mol. The van der Waals surface area contributed by atoms with Gasteiger partial charge in [-0.25, -0.2) is 8.42 Å². The maximum Gasteiger partial charge on any atom is 0.224 e. The number of fused-ring (bicyclic) bond motifs is 1. The molecule has 1 heterocycles. The number of hydrogen-bond acceptors (Lipinski definition) is 3. The third-order valence-corrected chi connectivity index (χ3v) is 6.20. The van der Waals surface area contributed by atoms with E-state index in [1.54, 1.807) is 0 Å². The summed E-state index contributed by atoms with van der Waals surface area (Å²) < 4.78 is 26.3. The molecule has 5 nitrogen and oxygen atoms in total. The smallest absolute Gasteiger partial charge is 0.224 e. The molecule has 1 amide bonds. The van der Waals surface area contributed by atoms with Crippen LogP contribution in [0.2, 0.25) is 0 Å². The monoisotopic (exact) mass is 384 g/mol. The molecule has 3 aromatic rings. The van der Waals surface area contributed by atoms with Crippen molar-refractivity contribution in [2.24, 2.45) is 7.05 Å². The summed E-state index contributed by atoms with van der Waals surface area (Å²) in [4.78, 5) is 12.2. The Balaban J connectivity index is 1.47. The lowest BCUT2D eigenvalue weighted by Crippen LogP contribution is -2.27. The minimum Gasteiger partial charge on any atom is -0.356 e. The molecule has 142 valence electrons. The van der Waals surface area contributed by atoms with Gasteiger partial charge in [0.1, 0.15) is 0 Å². The van der Waals surface area contributed by atoms with Crippen LogP contribution in [0.1, 0.15) is 17.5 Å². The maximum atomic E-state index is 12.2. The molecule has 0 spiro atoms. The molecule has 0 aliphatic heterocycles. The fourth-order valence-corrected chi connectivity index (χ4v) is 4.65. The van der Waals surface area contributed by atoms with Crippen molar-refractivity contribution in [3.63, 3.8) is 0 Å². The summed E-state index contributed by atoms with van der Waals surface area (Å²) >= 11 is 0. The number of carbonyl (C=O) groups excluding carboxylic acids is 1. The molecule has 3 rings (SSSR count). The van der Waals surface area contributed by atoms with Crippen LogP contribution in [0.4, 0.5) is 0 Å². The van der Waals surface area contributed by atoms with E-state index in [2.05, 4.69) is 5.32 Å². The van der Waals surface area contributed by atoms with Crippen LogP contribution in [0, 0.1) is 0 Å². The summed E-state index contributed by atoms with van der Waals surface area (Å²) in [7, 11) is -1.21. The summed E-state index contributed by atoms with van der Waals surface area (Å²) in [5.74, 6) is 0.0145. The first-order chi connectivity index (χ1) is 12.9. The number of nitrogens with one attached hydrogen (secondary N) is 1. The van der Waals surface area contributed by atoms with Crippen LogP contribution in [0.3, 0.4) is 0 Å². The van der Waals surface area contributed by atoms with Crippen LogP contribution in [0.25, 0.3) is 10.9 Å². The second-order valence-corrected chi connectivity index (χ2v) is 8.92. The number of para-hydroxylation sites is 1. The first-order valence-electron chi connectivity index (χ1n) is 8.98. The van der Waals surface area contributed by atoms with Gasteiger partial charge < -0.3 is 9.88 Å². The fourth-order valence-electron chi connectivity index (χ4n) is 3.22. The molecule has 0 aliphatic rings. The SMILES string of the molecule is Cn1cc(CC(=O)NCCCS(=O)(=O)Cc2ccccc2)c2ccccc21. The Morgan fingerprint density at radius 1 is 1.04 bits per heavy atom. The van der Waals surface area contributed by atoms with Gasteiger partial charge >= 0.3 is 0 Å². The number of aryl methyl sites for hydroxylation is 1. The Hall–Kier alpha value is -2.60. The summed E-state index contributed by atoms with van der Waals surface area (Å²) in [6, 6.07) is 17.1. The van der Waals surface area contributed by atoms with Gasteiger partial charge in [0.15, 0.2) is 9.84 Å². The first-order valence-corrected chi connectivity index (χ1v) is 10.8. The van der Waals surface area contributed by atoms with E-state index in [4.69, 9.17) is 0 Å². The van der Waals surface area contributed by atoms with Crippen LogP contribution >= 0.6 is 0 Å². The zero-order valence-corrected chi connectivity index (χ0v) is 16.2. The highest BCUT2D eigenvalue weighted by Gasteiger charge is 2.13. The van der Waals surface area contributed by atoms with Gasteiger partial charge in [-0.1, -0.05) is 48.5 Å². The van der Waals surface area contributed by atoms with Crippen molar-refractivity contribution in [3.05, 3.63) is 71.9 Å². The first kappa shape index (κ1) is 19.2. The largest absolute Gasteiger partial charge is 0.356 e. The number of amides is 1. The van der Waals surface area contributed by atoms with E-state index in [-0.39, 0.29) is 23.8 Å². The molecule has 1 N–H and O–H groups in total.